The zero-order valence-electron chi connectivity index (χ0n) is 7.93. The van der Waals surface area contributed by atoms with Crippen molar-refractivity contribution in [2.24, 2.45) is 0 Å². The van der Waals surface area contributed by atoms with Crippen LogP contribution in [0.3, 0.4) is 0 Å². The Kier molecular flexibility index (Phi) is 6.04. The number of halogens is 2. The summed E-state index contributed by atoms with van der Waals surface area (Å²) in [7, 11) is 0. The maximum Gasteiger partial charge on any atom is 0.119 e. The fraction of sp³-hybridized carbons (Fsp3) is 0.455. The Bertz CT molecular complexity index is 248. The standard InChI is InChI=1S/C11H13BrClO/c12-10-4-6-11(7-5-10)14-9-3-1-2-8-13/h4,6-7H,1-3,8-9H2. The lowest BCUT2D eigenvalue weighted by Crippen LogP contribution is -1.97. The van der Waals surface area contributed by atoms with Gasteiger partial charge in [-0.05, 0) is 37.5 Å². The van der Waals surface area contributed by atoms with E-state index in [4.69, 9.17) is 16.3 Å². The summed E-state index contributed by atoms with van der Waals surface area (Å²) >= 11 is 8.89. The molecule has 0 saturated carbocycles. The number of ether oxygens (including phenoxy) is 1. The van der Waals surface area contributed by atoms with Crippen molar-refractivity contribution in [3.8, 4) is 5.75 Å². The van der Waals surface area contributed by atoms with Gasteiger partial charge in [0.2, 0.25) is 0 Å². The van der Waals surface area contributed by atoms with E-state index in [1.807, 2.05) is 18.2 Å². The molecule has 0 unspecified atom stereocenters. The zero-order valence-corrected chi connectivity index (χ0v) is 10.3. The molecule has 0 aliphatic carbocycles. The number of unbranched alkanes of at least 4 members (excludes halogenated alkanes) is 2. The SMILES string of the molecule is ClCCCCCOc1c[c]c(Br)cc1. The Morgan fingerprint density at radius 2 is 2.14 bits per heavy atom. The Balaban J connectivity index is 2.15. The molecule has 14 heavy (non-hydrogen) atoms. The molecule has 0 fully saturated rings. The topological polar surface area (TPSA) is 9.23 Å². The summed E-state index contributed by atoms with van der Waals surface area (Å²) in [6.45, 7) is 0.756. The highest BCUT2D eigenvalue weighted by Crippen LogP contribution is 2.15. The highest BCUT2D eigenvalue weighted by Gasteiger charge is 1.93. The van der Waals surface area contributed by atoms with Crippen LogP contribution >= 0.6 is 27.5 Å². The minimum Gasteiger partial charge on any atom is -0.494 e. The summed E-state index contributed by atoms with van der Waals surface area (Å²) in [5, 5.41) is 0. The summed E-state index contributed by atoms with van der Waals surface area (Å²) in [5.74, 6) is 1.62. The molecule has 1 radical (unpaired) electrons. The lowest BCUT2D eigenvalue weighted by molar-refractivity contribution is 0.306. The van der Waals surface area contributed by atoms with Crippen LogP contribution in [0.4, 0.5) is 0 Å². The lowest BCUT2D eigenvalue weighted by Gasteiger charge is -2.04. The van der Waals surface area contributed by atoms with Gasteiger partial charge in [0.15, 0.2) is 0 Å². The highest BCUT2D eigenvalue weighted by atomic mass is 79.9. The molecular weight excluding hydrogens is 263 g/mol. The van der Waals surface area contributed by atoms with Crippen molar-refractivity contribution >= 4 is 27.5 Å². The van der Waals surface area contributed by atoms with E-state index in [0.717, 1.165) is 42.0 Å². The van der Waals surface area contributed by atoms with Gasteiger partial charge in [-0.15, -0.1) is 11.6 Å². The van der Waals surface area contributed by atoms with Gasteiger partial charge in [0, 0.05) is 16.4 Å². The normalized spacial score (nSPS) is 10.1. The lowest BCUT2D eigenvalue weighted by atomic mass is 10.3. The molecule has 0 bridgehead atoms. The second-order valence-corrected chi connectivity index (χ2v) is 4.20. The van der Waals surface area contributed by atoms with Crippen LogP contribution in [0.2, 0.25) is 0 Å². The smallest absolute Gasteiger partial charge is 0.119 e. The predicted molar refractivity (Wildman–Crippen MR) is 63.0 cm³/mol. The first-order valence-electron chi connectivity index (χ1n) is 4.69. The average Bonchev–Trinajstić information content (AvgIpc) is 2.21. The molecule has 0 atom stereocenters. The van der Waals surface area contributed by atoms with Crippen molar-refractivity contribution in [3.63, 3.8) is 0 Å². The molecule has 77 valence electrons. The highest BCUT2D eigenvalue weighted by molar-refractivity contribution is 9.10. The van der Waals surface area contributed by atoms with Gasteiger partial charge in [-0.2, -0.15) is 0 Å². The van der Waals surface area contributed by atoms with Gasteiger partial charge >= 0.3 is 0 Å². The molecule has 1 rings (SSSR count). The van der Waals surface area contributed by atoms with E-state index in [2.05, 4.69) is 22.0 Å². The first-order valence-corrected chi connectivity index (χ1v) is 6.01. The van der Waals surface area contributed by atoms with E-state index >= 15 is 0 Å². The van der Waals surface area contributed by atoms with Crippen LogP contribution in [-0.4, -0.2) is 12.5 Å². The van der Waals surface area contributed by atoms with Gasteiger partial charge in [-0.25, -0.2) is 0 Å². The van der Waals surface area contributed by atoms with Crippen LogP contribution in [0.25, 0.3) is 0 Å². The third-order valence-corrected chi connectivity index (χ3v) is 2.55. The molecule has 0 N–H and O–H groups in total. The molecular formula is C11H13BrClO. The van der Waals surface area contributed by atoms with E-state index in [1.54, 1.807) is 0 Å². The van der Waals surface area contributed by atoms with Gasteiger partial charge in [0.25, 0.3) is 0 Å². The fourth-order valence-corrected chi connectivity index (χ4v) is 1.48. The second kappa shape index (κ2) is 7.13. The maximum absolute atomic E-state index is 5.56. The van der Waals surface area contributed by atoms with Gasteiger partial charge in [-0.3, -0.25) is 0 Å². The van der Waals surface area contributed by atoms with Crippen LogP contribution in [0.1, 0.15) is 19.3 Å². The van der Waals surface area contributed by atoms with E-state index in [-0.39, 0.29) is 0 Å². The van der Waals surface area contributed by atoms with Crippen molar-refractivity contribution in [2.75, 3.05) is 12.5 Å². The molecule has 1 aromatic rings. The fourth-order valence-electron chi connectivity index (χ4n) is 1.04. The third-order valence-electron chi connectivity index (χ3n) is 1.79. The number of rotatable bonds is 6. The molecule has 0 aliphatic heterocycles. The molecule has 0 saturated heterocycles. The summed E-state index contributed by atoms with van der Waals surface area (Å²) in [4.78, 5) is 0. The molecule has 0 spiro atoms. The number of hydrogen-bond donors (Lipinski definition) is 0. The van der Waals surface area contributed by atoms with Crippen molar-refractivity contribution < 1.29 is 4.74 Å². The van der Waals surface area contributed by atoms with Gasteiger partial charge in [0.05, 0.1) is 6.61 Å². The van der Waals surface area contributed by atoms with E-state index in [9.17, 15) is 0 Å². The maximum atomic E-state index is 5.56. The third kappa shape index (κ3) is 4.87. The average molecular weight is 277 g/mol. The molecule has 0 heterocycles. The van der Waals surface area contributed by atoms with Gasteiger partial charge < -0.3 is 4.74 Å². The monoisotopic (exact) mass is 275 g/mol. The number of alkyl halides is 1. The predicted octanol–water partition coefficient (Wildman–Crippen LogP) is 4.04. The Labute approximate surface area is 98.5 Å². The first kappa shape index (κ1) is 11.9. The van der Waals surface area contributed by atoms with Crippen molar-refractivity contribution in [1.29, 1.82) is 0 Å². The van der Waals surface area contributed by atoms with Crippen LogP contribution in [0.15, 0.2) is 22.7 Å². The largest absolute Gasteiger partial charge is 0.494 e. The second-order valence-electron chi connectivity index (χ2n) is 2.97. The van der Waals surface area contributed by atoms with Crippen molar-refractivity contribution in [2.45, 2.75) is 19.3 Å². The van der Waals surface area contributed by atoms with E-state index < -0.39 is 0 Å². The summed E-state index contributed by atoms with van der Waals surface area (Å²) in [6, 6.07) is 8.72. The minimum atomic E-state index is 0.742. The number of benzene rings is 1. The Morgan fingerprint density at radius 3 is 2.79 bits per heavy atom. The minimum absolute atomic E-state index is 0.742. The van der Waals surface area contributed by atoms with E-state index in [1.165, 1.54) is 0 Å². The first-order chi connectivity index (χ1) is 6.83. The molecule has 3 heteroatoms. The Morgan fingerprint density at radius 1 is 1.29 bits per heavy atom. The Hall–Kier alpha value is -0.210. The molecule has 1 nitrogen and oxygen atoms in total. The van der Waals surface area contributed by atoms with Crippen molar-refractivity contribution in [1.82, 2.24) is 0 Å². The summed E-state index contributed by atoms with van der Waals surface area (Å²) < 4.78 is 6.46. The number of hydrogen-bond acceptors (Lipinski definition) is 1. The molecule has 0 aliphatic rings. The van der Waals surface area contributed by atoms with Crippen LogP contribution in [-0.2, 0) is 0 Å². The van der Waals surface area contributed by atoms with Crippen LogP contribution in [0.5, 0.6) is 5.75 Å². The van der Waals surface area contributed by atoms with Crippen LogP contribution < -0.4 is 4.74 Å². The van der Waals surface area contributed by atoms with E-state index in [0.29, 0.717) is 0 Å². The van der Waals surface area contributed by atoms with Crippen molar-refractivity contribution in [3.05, 3.63) is 28.7 Å². The van der Waals surface area contributed by atoms with Gasteiger partial charge in [-0.1, -0.05) is 15.9 Å². The molecule has 0 amide bonds. The zero-order chi connectivity index (χ0) is 10.2. The van der Waals surface area contributed by atoms with Gasteiger partial charge in [0.1, 0.15) is 5.75 Å². The quantitative estimate of drug-likeness (QED) is 0.563. The molecule has 1 aromatic carbocycles. The molecule has 0 aromatic heterocycles. The summed E-state index contributed by atoms with van der Waals surface area (Å²) in [6.07, 6.45) is 3.25. The summed E-state index contributed by atoms with van der Waals surface area (Å²) in [5.41, 5.74) is 0. The van der Waals surface area contributed by atoms with Crippen LogP contribution in [0, 0.1) is 6.07 Å².